The van der Waals surface area contributed by atoms with Crippen molar-refractivity contribution in [2.45, 2.75) is 70.4 Å². The van der Waals surface area contributed by atoms with Gasteiger partial charge in [-0.2, -0.15) is 0 Å². The van der Waals surface area contributed by atoms with Crippen molar-refractivity contribution in [1.29, 1.82) is 0 Å². The van der Waals surface area contributed by atoms with Crippen LogP contribution < -0.4 is 10.6 Å². The van der Waals surface area contributed by atoms with Gasteiger partial charge >= 0.3 is 0 Å². The molecule has 0 saturated carbocycles. The van der Waals surface area contributed by atoms with Gasteiger partial charge in [-0.25, -0.2) is 0 Å². The zero-order valence-corrected chi connectivity index (χ0v) is 21.6. The number of ether oxygens (including phenoxy) is 1. The fourth-order valence-corrected chi connectivity index (χ4v) is 6.60. The average molecular weight is 506 g/mol. The maximum absolute atomic E-state index is 14.0. The molecule has 3 heterocycles. The van der Waals surface area contributed by atoms with Gasteiger partial charge in [-0.3, -0.25) is 14.4 Å². The molecule has 5 rings (SSSR count). The van der Waals surface area contributed by atoms with Crippen LogP contribution in [0.5, 0.6) is 0 Å². The largest absolute Gasteiger partial charge is 0.394 e. The number of benzene rings is 2. The van der Waals surface area contributed by atoms with E-state index in [1.165, 1.54) is 4.90 Å². The highest BCUT2D eigenvalue weighted by atomic mass is 16.5. The average Bonchev–Trinajstić information content (AvgIpc) is 3.54. The minimum absolute atomic E-state index is 0.235. The number of para-hydroxylation sites is 1. The van der Waals surface area contributed by atoms with Gasteiger partial charge in [0, 0.05) is 12.2 Å². The molecule has 3 N–H and O–H groups in total. The molecular weight excluding hydrogens is 470 g/mol. The van der Waals surface area contributed by atoms with Crippen LogP contribution in [0.2, 0.25) is 0 Å². The van der Waals surface area contributed by atoms with E-state index in [9.17, 15) is 19.5 Å². The molecule has 3 saturated heterocycles. The monoisotopic (exact) mass is 505 g/mol. The van der Waals surface area contributed by atoms with Gasteiger partial charge in [-0.05, 0) is 49.8 Å². The van der Waals surface area contributed by atoms with E-state index in [2.05, 4.69) is 10.6 Å². The lowest BCUT2D eigenvalue weighted by molar-refractivity contribution is -0.144. The third-order valence-corrected chi connectivity index (χ3v) is 8.40. The molecule has 3 aliphatic heterocycles. The first kappa shape index (κ1) is 25.4. The van der Waals surface area contributed by atoms with E-state index in [0.717, 1.165) is 16.7 Å². The number of aryl methyl sites for hydroxylation is 2. The predicted molar refractivity (Wildman–Crippen MR) is 138 cm³/mol. The summed E-state index contributed by atoms with van der Waals surface area (Å²) in [5.74, 6) is -2.31. The van der Waals surface area contributed by atoms with E-state index in [1.807, 2.05) is 69.3 Å². The molecule has 0 radical (unpaired) electrons. The fourth-order valence-electron chi connectivity index (χ4n) is 6.60. The van der Waals surface area contributed by atoms with Crippen LogP contribution in [0.15, 0.2) is 48.5 Å². The van der Waals surface area contributed by atoms with E-state index in [4.69, 9.17) is 4.74 Å². The number of hydrogen-bond donors (Lipinski definition) is 3. The van der Waals surface area contributed by atoms with Gasteiger partial charge in [-0.1, -0.05) is 55.5 Å². The highest BCUT2D eigenvalue weighted by Crippen LogP contribution is 2.59. The van der Waals surface area contributed by atoms with Gasteiger partial charge < -0.3 is 25.4 Å². The third kappa shape index (κ3) is 4.12. The van der Waals surface area contributed by atoms with E-state index < -0.39 is 35.6 Å². The first-order chi connectivity index (χ1) is 17.8. The van der Waals surface area contributed by atoms with Crippen molar-refractivity contribution in [2.75, 3.05) is 11.9 Å². The molecule has 3 aliphatic rings. The molecule has 8 nitrogen and oxygen atoms in total. The second-order valence-corrected chi connectivity index (χ2v) is 10.5. The summed E-state index contributed by atoms with van der Waals surface area (Å²) >= 11 is 0. The predicted octanol–water partition coefficient (Wildman–Crippen LogP) is 2.70. The van der Waals surface area contributed by atoms with Gasteiger partial charge in [0.1, 0.15) is 11.6 Å². The van der Waals surface area contributed by atoms with Crippen molar-refractivity contribution in [3.8, 4) is 0 Å². The second-order valence-electron chi connectivity index (χ2n) is 10.5. The van der Waals surface area contributed by atoms with Crippen molar-refractivity contribution in [2.24, 2.45) is 11.8 Å². The van der Waals surface area contributed by atoms with Gasteiger partial charge in [0.15, 0.2) is 0 Å². The van der Waals surface area contributed by atoms with E-state index in [-0.39, 0.29) is 24.3 Å². The molecule has 0 aliphatic carbocycles. The van der Waals surface area contributed by atoms with Crippen LogP contribution in [0.4, 0.5) is 5.69 Å². The minimum Gasteiger partial charge on any atom is -0.394 e. The van der Waals surface area contributed by atoms with Crippen molar-refractivity contribution in [3.63, 3.8) is 0 Å². The molecule has 196 valence electrons. The number of aliphatic hydroxyl groups excluding tert-OH is 1. The van der Waals surface area contributed by atoms with E-state index in [0.29, 0.717) is 31.5 Å². The maximum Gasteiger partial charge on any atom is 0.250 e. The number of nitrogens with one attached hydrogen (secondary N) is 2. The van der Waals surface area contributed by atoms with Crippen LogP contribution in [0, 0.1) is 25.7 Å². The zero-order valence-electron chi connectivity index (χ0n) is 21.6. The fraction of sp³-hybridized carbons (Fsp3) is 0.483. The lowest BCUT2D eigenvalue weighted by atomic mass is 9.70. The van der Waals surface area contributed by atoms with Gasteiger partial charge in [0.05, 0.1) is 30.6 Å². The first-order valence-corrected chi connectivity index (χ1v) is 13.1. The second kappa shape index (κ2) is 9.91. The zero-order chi connectivity index (χ0) is 26.3. The normalized spacial score (nSPS) is 28.8. The lowest BCUT2D eigenvalue weighted by Crippen LogP contribution is -2.56. The number of nitrogens with zero attached hydrogens (tertiary/aromatic N) is 1. The summed E-state index contributed by atoms with van der Waals surface area (Å²) in [6.45, 7) is 5.81. The molecule has 2 aromatic rings. The highest BCUT2D eigenvalue weighted by Gasteiger charge is 2.75. The van der Waals surface area contributed by atoms with Crippen LogP contribution in [-0.4, -0.2) is 58.1 Å². The topological polar surface area (TPSA) is 108 Å². The molecule has 3 fully saturated rings. The Balaban J connectivity index is 1.47. The number of hydrogen-bond acceptors (Lipinski definition) is 5. The Morgan fingerprint density at radius 1 is 1.11 bits per heavy atom. The molecule has 1 spiro atoms. The minimum atomic E-state index is -1.10. The number of rotatable bonds is 8. The Hall–Kier alpha value is -3.23. The molecule has 0 aromatic heterocycles. The summed E-state index contributed by atoms with van der Waals surface area (Å²) in [6.07, 6.45) is 1.17. The van der Waals surface area contributed by atoms with Crippen LogP contribution in [-0.2, 0) is 25.7 Å². The van der Waals surface area contributed by atoms with Crippen LogP contribution in [0.1, 0.15) is 42.9 Å². The Morgan fingerprint density at radius 3 is 2.46 bits per heavy atom. The summed E-state index contributed by atoms with van der Waals surface area (Å²) in [6, 6.07) is 13.9. The number of aliphatic hydroxyl groups is 1. The van der Waals surface area contributed by atoms with E-state index in [1.54, 1.807) is 0 Å². The quantitative estimate of drug-likeness (QED) is 0.511. The molecule has 2 unspecified atom stereocenters. The molecule has 6 atom stereocenters. The number of carbonyl (C=O) groups excluding carboxylic acids is 3. The molecule has 2 bridgehead atoms. The van der Waals surface area contributed by atoms with Crippen LogP contribution in [0.3, 0.4) is 0 Å². The van der Waals surface area contributed by atoms with Crippen LogP contribution >= 0.6 is 0 Å². The van der Waals surface area contributed by atoms with Gasteiger partial charge in [0.2, 0.25) is 17.7 Å². The lowest BCUT2D eigenvalue weighted by Gasteiger charge is -2.36. The van der Waals surface area contributed by atoms with Crippen molar-refractivity contribution < 1.29 is 24.2 Å². The summed E-state index contributed by atoms with van der Waals surface area (Å²) < 4.78 is 6.48. The summed E-state index contributed by atoms with van der Waals surface area (Å²) in [4.78, 5) is 42.9. The Labute approximate surface area is 217 Å². The SMILES string of the molecule is CC[C@@H](CO)N1C(=O)[C@@H]2[C@@H](C(=O)NCc3ccccc3)[C@H]3CCC2(O3)C1C(=O)Nc1c(C)cccc1C. The molecule has 37 heavy (non-hydrogen) atoms. The van der Waals surface area contributed by atoms with Crippen molar-refractivity contribution in [1.82, 2.24) is 10.2 Å². The third-order valence-electron chi connectivity index (χ3n) is 8.40. The first-order valence-electron chi connectivity index (χ1n) is 13.1. The van der Waals surface area contributed by atoms with Gasteiger partial charge in [0.25, 0.3) is 0 Å². The van der Waals surface area contributed by atoms with E-state index >= 15 is 0 Å². The summed E-state index contributed by atoms with van der Waals surface area (Å²) in [7, 11) is 0. The molecular formula is C29H35N3O5. The number of carbonyl (C=O) groups is 3. The Kier molecular flexibility index (Phi) is 6.81. The highest BCUT2D eigenvalue weighted by molar-refractivity contribution is 6.04. The number of anilines is 1. The van der Waals surface area contributed by atoms with Crippen molar-refractivity contribution >= 4 is 23.4 Å². The molecule has 2 aromatic carbocycles. The summed E-state index contributed by atoms with van der Waals surface area (Å²) in [5, 5.41) is 16.2. The van der Waals surface area contributed by atoms with Crippen molar-refractivity contribution in [3.05, 3.63) is 65.2 Å². The standard InChI is InChI=1S/C29H35N3O5/c1-4-20(16-33)32-25(27(35)31-24-17(2)9-8-10-18(24)3)29-14-13-21(37-29)22(23(29)28(32)36)26(34)30-15-19-11-6-5-7-12-19/h5-12,20-23,25,33H,4,13-16H2,1-3H3,(H,30,34)(H,31,35)/t20-,21+,22-,23-,25?,29?/m0/s1. The Bertz CT molecular complexity index is 1180. The van der Waals surface area contributed by atoms with Gasteiger partial charge in [-0.15, -0.1) is 0 Å². The smallest absolute Gasteiger partial charge is 0.250 e. The number of amides is 3. The summed E-state index contributed by atoms with van der Waals surface area (Å²) in [5.41, 5.74) is 2.41. The van der Waals surface area contributed by atoms with Crippen LogP contribution in [0.25, 0.3) is 0 Å². The Morgan fingerprint density at radius 2 is 1.81 bits per heavy atom. The molecule has 8 heteroatoms. The maximum atomic E-state index is 14.0. The molecule has 3 amide bonds. The number of likely N-dealkylation sites (tertiary alicyclic amines) is 1. The number of fused-ring (bicyclic) bond motifs is 1.